The molecule has 4 aromatic carbocycles. The molecule has 1 aliphatic heterocycles. The number of rotatable bonds is 6. The Morgan fingerprint density at radius 3 is 2.49 bits per heavy atom. The van der Waals surface area contributed by atoms with E-state index in [1.165, 1.54) is 18.2 Å². The summed E-state index contributed by atoms with van der Waals surface area (Å²) in [5.74, 6) is -1.96. The smallest absolute Gasteiger partial charge is 0.419 e. The minimum absolute atomic E-state index is 0.00107. The molecule has 3 nitrogen and oxygen atoms in total. The van der Waals surface area contributed by atoms with Gasteiger partial charge in [0.15, 0.2) is 11.6 Å². The number of nitrogens with zero attached hydrogens (tertiary/aromatic N) is 1. The van der Waals surface area contributed by atoms with Crippen molar-refractivity contribution in [3.63, 3.8) is 0 Å². The van der Waals surface area contributed by atoms with Crippen molar-refractivity contribution < 1.29 is 26.7 Å². The summed E-state index contributed by atoms with van der Waals surface area (Å²) >= 11 is 0. The molecular formula is C29H25F5N2O. The molecule has 0 radical (unpaired) electrons. The van der Waals surface area contributed by atoms with Crippen LogP contribution in [0.15, 0.2) is 78.9 Å². The Morgan fingerprint density at radius 1 is 0.946 bits per heavy atom. The number of para-hydroxylation sites is 1. The Kier molecular flexibility index (Phi) is 6.77. The maximum Gasteiger partial charge on any atom is 0.419 e. The Hall–Kier alpha value is -3.65. The third kappa shape index (κ3) is 5.11. The van der Waals surface area contributed by atoms with Crippen molar-refractivity contribution >= 4 is 22.1 Å². The summed E-state index contributed by atoms with van der Waals surface area (Å²) in [7, 11) is 0. The molecule has 0 spiro atoms. The zero-order valence-corrected chi connectivity index (χ0v) is 20.0. The van der Waals surface area contributed by atoms with Crippen LogP contribution in [0, 0.1) is 11.6 Å². The Bertz CT molecular complexity index is 1420. The molecule has 0 fully saturated rings. The molecule has 0 bridgehead atoms. The standard InChI is InChI=1S/C29H25F5N2O/c1-18(22-9-4-7-19-6-2-3-8-23(19)22)35-15-14-21-17-36(27-11-5-10-25(30)28(27)37-21)20-12-13-24(26(31)16-20)29(32,33)34/h2-13,16,18,21,35H,14-15,17H2,1H3/t18-,21?/m1/s1. The van der Waals surface area contributed by atoms with Gasteiger partial charge in [0.2, 0.25) is 0 Å². The minimum atomic E-state index is -4.80. The maximum atomic E-state index is 14.7. The van der Waals surface area contributed by atoms with Crippen LogP contribution in [0.4, 0.5) is 33.3 Å². The van der Waals surface area contributed by atoms with Crippen molar-refractivity contribution in [1.82, 2.24) is 5.32 Å². The van der Waals surface area contributed by atoms with Crippen molar-refractivity contribution in [2.75, 3.05) is 18.0 Å². The highest BCUT2D eigenvalue weighted by molar-refractivity contribution is 5.86. The molecule has 37 heavy (non-hydrogen) atoms. The molecule has 0 amide bonds. The second kappa shape index (κ2) is 10.0. The minimum Gasteiger partial charge on any atom is -0.483 e. The molecule has 8 heteroatoms. The van der Waals surface area contributed by atoms with E-state index in [0.717, 1.165) is 22.4 Å². The average molecular weight is 513 g/mol. The molecule has 0 aliphatic carbocycles. The fourth-order valence-corrected chi connectivity index (χ4v) is 4.83. The molecule has 0 saturated heterocycles. The molecular weight excluding hydrogens is 487 g/mol. The van der Waals surface area contributed by atoms with Gasteiger partial charge in [-0.05, 0) is 66.6 Å². The zero-order chi connectivity index (χ0) is 26.2. The Balaban J connectivity index is 1.34. The van der Waals surface area contributed by atoms with Crippen LogP contribution in [0.2, 0.25) is 0 Å². The summed E-state index contributed by atoms with van der Waals surface area (Å²) in [5.41, 5.74) is 0.350. The predicted molar refractivity (Wildman–Crippen MR) is 134 cm³/mol. The van der Waals surface area contributed by atoms with E-state index in [0.29, 0.717) is 24.7 Å². The van der Waals surface area contributed by atoms with E-state index < -0.39 is 29.5 Å². The quantitative estimate of drug-likeness (QED) is 0.267. The largest absolute Gasteiger partial charge is 0.483 e. The molecule has 5 rings (SSSR count). The van der Waals surface area contributed by atoms with Crippen LogP contribution in [0.1, 0.15) is 30.5 Å². The van der Waals surface area contributed by atoms with Gasteiger partial charge in [0.25, 0.3) is 0 Å². The normalized spacial score (nSPS) is 16.4. The molecule has 0 saturated carbocycles. The predicted octanol–water partition coefficient (Wildman–Crippen LogP) is 7.78. The number of halogens is 5. The summed E-state index contributed by atoms with van der Waals surface area (Å²) < 4.78 is 74.1. The van der Waals surface area contributed by atoms with Gasteiger partial charge < -0.3 is 15.0 Å². The van der Waals surface area contributed by atoms with E-state index in [9.17, 15) is 22.0 Å². The third-order valence-corrected chi connectivity index (χ3v) is 6.68. The van der Waals surface area contributed by atoms with Crippen LogP contribution < -0.4 is 15.0 Å². The van der Waals surface area contributed by atoms with E-state index in [1.54, 1.807) is 11.0 Å². The third-order valence-electron chi connectivity index (χ3n) is 6.68. The van der Waals surface area contributed by atoms with Crippen LogP contribution in [-0.4, -0.2) is 19.2 Å². The summed E-state index contributed by atoms with van der Waals surface area (Å²) in [5, 5.41) is 5.79. The topological polar surface area (TPSA) is 24.5 Å². The first-order chi connectivity index (χ1) is 17.7. The van der Waals surface area contributed by atoms with Gasteiger partial charge in [0.1, 0.15) is 11.9 Å². The lowest BCUT2D eigenvalue weighted by Crippen LogP contribution is -2.39. The number of anilines is 2. The fraction of sp³-hybridized carbons (Fsp3) is 0.241. The number of nitrogens with one attached hydrogen (secondary N) is 1. The number of hydrogen-bond donors (Lipinski definition) is 1. The first-order valence-electron chi connectivity index (χ1n) is 12.0. The van der Waals surface area contributed by atoms with Gasteiger partial charge in [-0.15, -0.1) is 0 Å². The molecule has 2 atom stereocenters. The summed E-state index contributed by atoms with van der Waals surface area (Å²) in [6, 6.07) is 21.4. The number of benzene rings is 4. The van der Waals surface area contributed by atoms with Crippen LogP contribution in [0.5, 0.6) is 5.75 Å². The molecule has 1 heterocycles. The lowest BCUT2D eigenvalue weighted by Gasteiger charge is -2.37. The van der Waals surface area contributed by atoms with Crippen LogP contribution >= 0.6 is 0 Å². The van der Waals surface area contributed by atoms with Crippen molar-refractivity contribution in [3.8, 4) is 5.75 Å². The number of hydrogen-bond acceptors (Lipinski definition) is 3. The van der Waals surface area contributed by atoms with E-state index in [-0.39, 0.29) is 24.0 Å². The fourth-order valence-electron chi connectivity index (χ4n) is 4.83. The second-order valence-electron chi connectivity index (χ2n) is 9.13. The molecule has 1 N–H and O–H groups in total. The van der Waals surface area contributed by atoms with Gasteiger partial charge in [-0.25, -0.2) is 8.78 Å². The summed E-state index contributed by atoms with van der Waals surface area (Å²) in [6.45, 7) is 2.84. The van der Waals surface area contributed by atoms with Crippen LogP contribution in [-0.2, 0) is 6.18 Å². The maximum absolute atomic E-state index is 14.7. The highest BCUT2D eigenvalue weighted by atomic mass is 19.4. The molecule has 4 aromatic rings. The first kappa shape index (κ1) is 25.0. The average Bonchev–Trinajstić information content (AvgIpc) is 2.87. The Labute approximate surface area is 211 Å². The van der Waals surface area contributed by atoms with Crippen LogP contribution in [0.25, 0.3) is 10.8 Å². The monoisotopic (exact) mass is 512 g/mol. The molecule has 1 aliphatic rings. The zero-order valence-electron chi connectivity index (χ0n) is 20.0. The summed E-state index contributed by atoms with van der Waals surface area (Å²) in [6.07, 6.45) is -4.77. The second-order valence-corrected chi connectivity index (χ2v) is 9.13. The Morgan fingerprint density at radius 2 is 1.70 bits per heavy atom. The number of fused-ring (bicyclic) bond motifs is 2. The van der Waals surface area contributed by atoms with Gasteiger partial charge in [-0.3, -0.25) is 0 Å². The lowest BCUT2D eigenvalue weighted by molar-refractivity contribution is -0.139. The van der Waals surface area contributed by atoms with Gasteiger partial charge in [0.05, 0.1) is 17.8 Å². The highest BCUT2D eigenvalue weighted by Gasteiger charge is 2.35. The van der Waals surface area contributed by atoms with E-state index in [1.807, 2.05) is 18.2 Å². The van der Waals surface area contributed by atoms with E-state index >= 15 is 0 Å². The van der Waals surface area contributed by atoms with Crippen molar-refractivity contribution in [2.24, 2.45) is 0 Å². The van der Waals surface area contributed by atoms with Crippen molar-refractivity contribution in [3.05, 3.63) is 102 Å². The van der Waals surface area contributed by atoms with Gasteiger partial charge in [-0.1, -0.05) is 48.5 Å². The van der Waals surface area contributed by atoms with Crippen LogP contribution in [0.3, 0.4) is 0 Å². The summed E-state index contributed by atoms with van der Waals surface area (Å²) in [4.78, 5) is 1.60. The molecule has 0 aromatic heterocycles. The van der Waals surface area contributed by atoms with Gasteiger partial charge in [0, 0.05) is 11.7 Å². The first-order valence-corrected chi connectivity index (χ1v) is 12.0. The highest BCUT2D eigenvalue weighted by Crippen LogP contribution is 2.42. The SMILES string of the molecule is C[C@@H](NCCC1CN(c2ccc(C(F)(F)F)c(F)c2)c2cccc(F)c2O1)c1cccc2ccccc12. The number of alkyl halides is 3. The van der Waals surface area contributed by atoms with E-state index in [2.05, 4.69) is 36.5 Å². The molecule has 192 valence electrons. The van der Waals surface area contributed by atoms with Gasteiger partial charge in [-0.2, -0.15) is 13.2 Å². The number of ether oxygens (including phenoxy) is 1. The molecule has 1 unspecified atom stereocenters. The van der Waals surface area contributed by atoms with E-state index in [4.69, 9.17) is 4.74 Å². The van der Waals surface area contributed by atoms with Crippen molar-refractivity contribution in [1.29, 1.82) is 0 Å². The van der Waals surface area contributed by atoms with Gasteiger partial charge >= 0.3 is 6.18 Å². The lowest BCUT2D eigenvalue weighted by atomic mass is 9.99. The van der Waals surface area contributed by atoms with Crippen molar-refractivity contribution in [2.45, 2.75) is 31.7 Å².